The fourth-order valence-electron chi connectivity index (χ4n) is 3.55. The van der Waals surface area contributed by atoms with Crippen LogP contribution >= 0.6 is 0 Å². The second-order valence-electron chi connectivity index (χ2n) is 6.36. The molecule has 0 aromatic heterocycles. The van der Waals surface area contributed by atoms with Gasteiger partial charge in [-0.15, -0.1) is 0 Å². The Kier molecular flexibility index (Phi) is 4.27. The molecule has 0 bridgehead atoms. The van der Waals surface area contributed by atoms with E-state index in [1.807, 2.05) is 0 Å². The first kappa shape index (κ1) is 13.9. The lowest BCUT2D eigenvalue weighted by Crippen LogP contribution is -2.32. The number of ether oxygens (including phenoxy) is 1. The van der Waals surface area contributed by atoms with Crippen LogP contribution in [-0.2, 0) is 17.6 Å². The summed E-state index contributed by atoms with van der Waals surface area (Å²) in [5, 5.41) is 0. The third-order valence-electron chi connectivity index (χ3n) is 4.53. The molecule has 0 spiro atoms. The van der Waals surface area contributed by atoms with Crippen LogP contribution < -0.4 is 10.6 Å². The predicted octanol–water partition coefficient (Wildman–Crippen LogP) is 2.37. The number of para-hydroxylation sites is 1. The van der Waals surface area contributed by atoms with E-state index in [0.29, 0.717) is 0 Å². The third-order valence-corrected chi connectivity index (χ3v) is 4.53. The normalized spacial score (nSPS) is 21.0. The molecule has 2 N–H and O–H groups in total. The Morgan fingerprint density at radius 2 is 2.15 bits per heavy atom. The Balaban J connectivity index is 1.77. The van der Waals surface area contributed by atoms with Gasteiger partial charge in [0, 0.05) is 38.0 Å². The Hall–Kier alpha value is -1.06. The van der Waals surface area contributed by atoms with Gasteiger partial charge in [0.1, 0.15) is 0 Å². The van der Waals surface area contributed by atoms with Gasteiger partial charge >= 0.3 is 0 Å². The molecule has 1 aromatic rings. The lowest BCUT2D eigenvalue weighted by Gasteiger charge is -2.30. The second kappa shape index (κ2) is 6.15. The number of nitrogens with two attached hydrogens (primary N) is 1. The molecule has 1 atom stereocenters. The van der Waals surface area contributed by atoms with Gasteiger partial charge in [-0.25, -0.2) is 0 Å². The monoisotopic (exact) mass is 274 g/mol. The van der Waals surface area contributed by atoms with E-state index in [-0.39, 0.29) is 6.04 Å². The number of hydrogen-bond donors (Lipinski definition) is 1. The number of fused-ring (bicyclic) bond motifs is 1. The lowest BCUT2D eigenvalue weighted by molar-refractivity contribution is 0.0683. The second-order valence-corrected chi connectivity index (χ2v) is 6.36. The number of rotatable bonds is 4. The van der Waals surface area contributed by atoms with Crippen LogP contribution in [0.15, 0.2) is 18.2 Å². The Labute approximate surface area is 122 Å². The summed E-state index contributed by atoms with van der Waals surface area (Å²) in [6.45, 7) is 6.33. The Bertz CT molecular complexity index is 452. The molecule has 2 heterocycles. The molecule has 1 fully saturated rings. The van der Waals surface area contributed by atoms with Gasteiger partial charge < -0.3 is 15.4 Å². The number of nitrogens with zero attached hydrogens (tertiary/aromatic N) is 1. The van der Waals surface area contributed by atoms with Crippen molar-refractivity contribution in [2.24, 2.45) is 11.7 Å². The highest BCUT2D eigenvalue weighted by molar-refractivity contribution is 5.63. The van der Waals surface area contributed by atoms with Gasteiger partial charge in [0.2, 0.25) is 0 Å². The molecule has 0 radical (unpaired) electrons. The van der Waals surface area contributed by atoms with Gasteiger partial charge in [-0.3, -0.25) is 0 Å². The summed E-state index contributed by atoms with van der Waals surface area (Å²) in [4.78, 5) is 2.60. The highest BCUT2D eigenvalue weighted by atomic mass is 16.5. The summed E-state index contributed by atoms with van der Waals surface area (Å²) in [6, 6.07) is 6.95. The summed E-state index contributed by atoms with van der Waals surface area (Å²) in [7, 11) is 0. The Morgan fingerprint density at radius 3 is 2.90 bits per heavy atom. The van der Waals surface area contributed by atoms with Crippen molar-refractivity contribution in [1.29, 1.82) is 0 Å². The smallest absolute Gasteiger partial charge is 0.0469 e. The molecule has 0 aliphatic carbocycles. The maximum Gasteiger partial charge on any atom is 0.0469 e. The molecular formula is C17H26N2O. The van der Waals surface area contributed by atoms with Crippen LogP contribution in [0, 0.1) is 5.92 Å². The van der Waals surface area contributed by atoms with Crippen molar-refractivity contribution in [2.75, 3.05) is 31.2 Å². The molecule has 110 valence electrons. The van der Waals surface area contributed by atoms with E-state index in [9.17, 15) is 0 Å². The van der Waals surface area contributed by atoms with Crippen LogP contribution in [-0.4, -0.2) is 32.3 Å². The van der Waals surface area contributed by atoms with Crippen molar-refractivity contribution in [3.05, 3.63) is 29.3 Å². The molecule has 1 saturated heterocycles. The average Bonchev–Trinajstić information content (AvgIpc) is 2.84. The van der Waals surface area contributed by atoms with Gasteiger partial charge in [0.15, 0.2) is 0 Å². The molecular weight excluding hydrogens is 248 g/mol. The van der Waals surface area contributed by atoms with Crippen molar-refractivity contribution in [3.63, 3.8) is 0 Å². The van der Waals surface area contributed by atoms with E-state index in [0.717, 1.165) is 25.6 Å². The lowest BCUT2D eigenvalue weighted by atomic mass is 9.98. The largest absolute Gasteiger partial charge is 0.381 e. The van der Waals surface area contributed by atoms with E-state index in [1.54, 1.807) is 0 Å². The number of anilines is 1. The van der Waals surface area contributed by atoms with E-state index in [1.165, 1.54) is 49.2 Å². The quantitative estimate of drug-likeness (QED) is 0.916. The van der Waals surface area contributed by atoms with Crippen molar-refractivity contribution in [3.8, 4) is 0 Å². The molecule has 0 amide bonds. The molecule has 1 unspecified atom stereocenters. The minimum Gasteiger partial charge on any atom is -0.381 e. The summed E-state index contributed by atoms with van der Waals surface area (Å²) < 4.78 is 5.47. The fraction of sp³-hybridized carbons (Fsp3) is 0.647. The summed E-state index contributed by atoms with van der Waals surface area (Å²) >= 11 is 0. The summed E-state index contributed by atoms with van der Waals surface area (Å²) in [6.07, 6.45) is 4.58. The first-order chi connectivity index (χ1) is 9.74. The fourth-order valence-corrected chi connectivity index (χ4v) is 3.55. The SMILES string of the molecule is CC(N)Cc1cccc2c1N(CC1CCOCC1)CC2. The van der Waals surface area contributed by atoms with Gasteiger partial charge in [0.25, 0.3) is 0 Å². The molecule has 2 aliphatic heterocycles. The van der Waals surface area contributed by atoms with Crippen molar-refractivity contribution in [1.82, 2.24) is 0 Å². The zero-order valence-electron chi connectivity index (χ0n) is 12.5. The van der Waals surface area contributed by atoms with Gasteiger partial charge in [-0.2, -0.15) is 0 Å². The molecule has 3 heteroatoms. The molecule has 3 nitrogen and oxygen atoms in total. The van der Waals surface area contributed by atoms with Gasteiger partial charge in [-0.05, 0) is 49.7 Å². The molecule has 1 aromatic carbocycles. The molecule has 2 aliphatic rings. The maximum atomic E-state index is 6.01. The number of hydrogen-bond acceptors (Lipinski definition) is 3. The van der Waals surface area contributed by atoms with Crippen LogP contribution in [0.5, 0.6) is 0 Å². The summed E-state index contributed by atoms with van der Waals surface area (Å²) in [5.41, 5.74) is 10.4. The van der Waals surface area contributed by atoms with Crippen LogP contribution in [0.3, 0.4) is 0 Å². The van der Waals surface area contributed by atoms with Gasteiger partial charge in [0.05, 0.1) is 0 Å². The van der Waals surface area contributed by atoms with Crippen LogP contribution in [0.1, 0.15) is 30.9 Å². The minimum absolute atomic E-state index is 0.229. The molecule has 0 saturated carbocycles. The van der Waals surface area contributed by atoms with Crippen molar-refractivity contribution < 1.29 is 4.74 Å². The van der Waals surface area contributed by atoms with E-state index in [2.05, 4.69) is 30.0 Å². The van der Waals surface area contributed by atoms with E-state index in [4.69, 9.17) is 10.5 Å². The number of benzene rings is 1. The van der Waals surface area contributed by atoms with Crippen LogP contribution in [0.2, 0.25) is 0 Å². The standard InChI is InChI=1S/C17H26N2O/c1-13(18)11-16-4-2-3-15-5-8-19(17(15)16)12-14-6-9-20-10-7-14/h2-4,13-14H,5-12,18H2,1H3. The van der Waals surface area contributed by atoms with Crippen LogP contribution in [0.25, 0.3) is 0 Å². The first-order valence-corrected chi connectivity index (χ1v) is 7.93. The topological polar surface area (TPSA) is 38.5 Å². The summed E-state index contributed by atoms with van der Waals surface area (Å²) in [5.74, 6) is 0.790. The highest BCUT2D eigenvalue weighted by Crippen LogP contribution is 2.34. The van der Waals surface area contributed by atoms with Crippen molar-refractivity contribution in [2.45, 2.75) is 38.6 Å². The van der Waals surface area contributed by atoms with Gasteiger partial charge in [-0.1, -0.05) is 18.2 Å². The van der Waals surface area contributed by atoms with E-state index >= 15 is 0 Å². The maximum absolute atomic E-state index is 6.01. The molecule has 3 rings (SSSR count). The zero-order valence-corrected chi connectivity index (χ0v) is 12.5. The highest BCUT2D eigenvalue weighted by Gasteiger charge is 2.25. The van der Waals surface area contributed by atoms with Crippen molar-refractivity contribution >= 4 is 5.69 Å². The van der Waals surface area contributed by atoms with Crippen LogP contribution in [0.4, 0.5) is 5.69 Å². The Morgan fingerprint density at radius 1 is 1.35 bits per heavy atom. The predicted molar refractivity (Wildman–Crippen MR) is 83.3 cm³/mol. The average molecular weight is 274 g/mol. The molecule has 20 heavy (non-hydrogen) atoms. The minimum atomic E-state index is 0.229. The zero-order chi connectivity index (χ0) is 13.9. The van der Waals surface area contributed by atoms with E-state index < -0.39 is 0 Å². The third kappa shape index (κ3) is 2.99. The first-order valence-electron chi connectivity index (χ1n) is 7.93.